The number of fused-ring (bicyclic) bond motifs is 1. The predicted octanol–water partition coefficient (Wildman–Crippen LogP) is 4.33. The van der Waals surface area contributed by atoms with E-state index in [1.54, 1.807) is 0 Å². The van der Waals surface area contributed by atoms with E-state index in [0.29, 0.717) is 11.8 Å². The lowest BCUT2D eigenvalue weighted by atomic mass is 9.89. The molecule has 3 heteroatoms. The fraction of sp³-hybridized carbons (Fsp3) is 0.739. The number of aliphatic hydroxyl groups is 2. The summed E-state index contributed by atoms with van der Waals surface area (Å²) in [5, 5.41) is 20.5. The average molecular weight is 362 g/mol. The second-order valence-electron chi connectivity index (χ2n) is 8.45. The van der Waals surface area contributed by atoms with Crippen molar-refractivity contribution in [2.75, 3.05) is 20.6 Å². The minimum absolute atomic E-state index is 0.191. The number of hydrogen-bond acceptors (Lipinski definition) is 3. The minimum atomic E-state index is -0.363. The number of rotatable bonds is 11. The Balaban J connectivity index is 1.80. The molecule has 0 aromatic carbocycles. The maximum absolute atomic E-state index is 10.4. The lowest BCUT2D eigenvalue weighted by Crippen LogP contribution is -2.17. The molecule has 2 rings (SSSR count). The van der Waals surface area contributed by atoms with E-state index >= 15 is 0 Å². The first kappa shape index (κ1) is 21.4. The molecule has 1 saturated carbocycles. The fourth-order valence-corrected chi connectivity index (χ4v) is 4.39. The first-order valence-electron chi connectivity index (χ1n) is 10.6. The van der Waals surface area contributed by atoms with Crippen LogP contribution in [0.2, 0.25) is 0 Å². The maximum Gasteiger partial charge on any atom is 0.0721 e. The molecule has 2 aliphatic rings. The van der Waals surface area contributed by atoms with Gasteiger partial charge < -0.3 is 15.1 Å². The van der Waals surface area contributed by atoms with Gasteiger partial charge in [0, 0.05) is 5.92 Å². The summed E-state index contributed by atoms with van der Waals surface area (Å²) < 4.78 is 0. The summed E-state index contributed by atoms with van der Waals surface area (Å²) in [4.78, 5) is 2.22. The molecule has 5 atom stereocenters. The molecule has 148 valence electrons. The van der Waals surface area contributed by atoms with Crippen LogP contribution < -0.4 is 0 Å². The van der Waals surface area contributed by atoms with Gasteiger partial charge in [-0.15, -0.1) is 0 Å². The molecule has 0 spiro atoms. The second kappa shape index (κ2) is 11.1. The number of hydrogen-bond donors (Lipinski definition) is 2. The molecule has 0 radical (unpaired) electrons. The second-order valence-corrected chi connectivity index (χ2v) is 8.45. The van der Waals surface area contributed by atoms with E-state index in [-0.39, 0.29) is 18.1 Å². The van der Waals surface area contributed by atoms with Gasteiger partial charge in [-0.1, -0.05) is 62.1 Å². The number of nitrogens with zero attached hydrogens (tertiary/aromatic N) is 1. The van der Waals surface area contributed by atoms with Crippen molar-refractivity contribution in [1.29, 1.82) is 0 Å². The van der Waals surface area contributed by atoms with Gasteiger partial charge in [0.15, 0.2) is 0 Å². The summed E-state index contributed by atoms with van der Waals surface area (Å²) in [6.07, 6.45) is 18.9. The highest BCUT2D eigenvalue weighted by Crippen LogP contribution is 2.47. The van der Waals surface area contributed by atoms with Crippen LogP contribution in [-0.2, 0) is 0 Å². The standard InChI is InChI=1S/C23H39NO2/c1-4-5-7-11-20(25)12-13-21-22-16-18(15-19(22)17-23(21)26)10-8-6-9-14-24(2)3/h8,10,12-13,15,19-23,25-26H,4-7,9,11,14,16-17H2,1-3H3/b10-8-,13-12+/t19-,20-,21+,22-,23+/m0/s1. The molecule has 0 aromatic rings. The summed E-state index contributed by atoms with van der Waals surface area (Å²) in [5.74, 6) is 1.19. The smallest absolute Gasteiger partial charge is 0.0721 e. The zero-order chi connectivity index (χ0) is 18.9. The van der Waals surface area contributed by atoms with Gasteiger partial charge in [-0.2, -0.15) is 0 Å². The van der Waals surface area contributed by atoms with Crippen LogP contribution in [-0.4, -0.2) is 48.0 Å². The Labute approximate surface area is 160 Å². The molecule has 26 heavy (non-hydrogen) atoms. The zero-order valence-corrected chi connectivity index (χ0v) is 17.0. The maximum atomic E-state index is 10.4. The Bertz CT molecular complexity index is 494. The molecule has 0 amide bonds. The molecule has 0 bridgehead atoms. The highest BCUT2D eigenvalue weighted by molar-refractivity contribution is 5.28. The van der Waals surface area contributed by atoms with Crippen LogP contribution >= 0.6 is 0 Å². The van der Waals surface area contributed by atoms with E-state index in [4.69, 9.17) is 0 Å². The first-order chi connectivity index (χ1) is 12.5. The molecule has 0 heterocycles. The van der Waals surface area contributed by atoms with Crippen LogP contribution in [0.25, 0.3) is 0 Å². The molecule has 0 aliphatic heterocycles. The van der Waals surface area contributed by atoms with Crippen molar-refractivity contribution in [1.82, 2.24) is 4.90 Å². The molecular weight excluding hydrogens is 322 g/mol. The van der Waals surface area contributed by atoms with E-state index in [0.717, 1.165) is 38.6 Å². The van der Waals surface area contributed by atoms with Crippen molar-refractivity contribution < 1.29 is 10.2 Å². The quantitative estimate of drug-likeness (QED) is 0.425. The van der Waals surface area contributed by atoms with Crippen molar-refractivity contribution in [2.24, 2.45) is 17.8 Å². The monoisotopic (exact) mass is 361 g/mol. The first-order valence-corrected chi connectivity index (χ1v) is 10.6. The number of unbranched alkanes of at least 4 members (excludes halogenated alkanes) is 3. The Morgan fingerprint density at radius 2 is 2.08 bits per heavy atom. The van der Waals surface area contributed by atoms with Crippen LogP contribution in [0.1, 0.15) is 58.3 Å². The van der Waals surface area contributed by atoms with Crippen molar-refractivity contribution in [3.05, 3.63) is 36.0 Å². The van der Waals surface area contributed by atoms with Gasteiger partial charge in [0.05, 0.1) is 12.2 Å². The van der Waals surface area contributed by atoms with Gasteiger partial charge >= 0.3 is 0 Å². The number of allylic oxidation sites excluding steroid dienone is 4. The van der Waals surface area contributed by atoms with E-state index in [9.17, 15) is 10.2 Å². The third-order valence-electron chi connectivity index (χ3n) is 5.87. The summed E-state index contributed by atoms with van der Waals surface area (Å²) in [6.45, 7) is 3.31. The summed E-state index contributed by atoms with van der Waals surface area (Å²) in [5.41, 5.74) is 1.43. The van der Waals surface area contributed by atoms with Crippen LogP contribution in [0.15, 0.2) is 36.0 Å². The Morgan fingerprint density at radius 1 is 1.27 bits per heavy atom. The van der Waals surface area contributed by atoms with E-state index < -0.39 is 0 Å². The normalized spacial score (nSPS) is 29.8. The highest BCUT2D eigenvalue weighted by atomic mass is 16.3. The summed E-state index contributed by atoms with van der Waals surface area (Å²) in [7, 11) is 4.23. The van der Waals surface area contributed by atoms with Crippen molar-refractivity contribution in [2.45, 2.75) is 70.5 Å². The van der Waals surface area contributed by atoms with Crippen LogP contribution in [0.3, 0.4) is 0 Å². The number of aliphatic hydroxyl groups excluding tert-OH is 2. The molecule has 0 unspecified atom stereocenters. The lowest BCUT2D eigenvalue weighted by molar-refractivity contribution is 0.140. The molecule has 0 aromatic heterocycles. The Hall–Kier alpha value is -0.900. The summed E-state index contributed by atoms with van der Waals surface area (Å²) in [6, 6.07) is 0. The van der Waals surface area contributed by atoms with Gasteiger partial charge in [-0.25, -0.2) is 0 Å². The minimum Gasteiger partial charge on any atom is -0.392 e. The Morgan fingerprint density at radius 3 is 2.81 bits per heavy atom. The van der Waals surface area contributed by atoms with Crippen molar-refractivity contribution in [3.8, 4) is 0 Å². The largest absolute Gasteiger partial charge is 0.392 e. The van der Waals surface area contributed by atoms with E-state index in [1.165, 1.54) is 24.8 Å². The predicted molar refractivity (Wildman–Crippen MR) is 110 cm³/mol. The fourth-order valence-electron chi connectivity index (χ4n) is 4.39. The van der Waals surface area contributed by atoms with Crippen LogP contribution in [0.5, 0.6) is 0 Å². The highest BCUT2D eigenvalue weighted by Gasteiger charge is 2.42. The summed E-state index contributed by atoms with van der Waals surface area (Å²) >= 11 is 0. The van der Waals surface area contributed by atoms with Crippen LogP contribution in [0.4, 0.5) is 0 Å². The van der Waals surface area contributed by atoms with Crippen molar-refractivity contribution in [3.63, 3.8) is 0 Å². The van der Waals surface area contributed by atoms with Crippen LogP contribution in [0, 0.1) is 17.8 Å². The van der Waals surface area contributed by atoms with Crippen molar-refractivity contribution >= 4 is 0 Å². The molecular formula is C23H39NO2. The van der Waals surface area contributed by atoms with E-state index in [2.05, 4.69) is 50.2 Å². The molecule has 3 nitrogen and oxygen atoms in total. The molecule has 2 aliphatic carbocycles. The van der Waals surface area contributed by atoms with Gasteiger partial charge in [0.2, 0.25) is 0 Å². The average Bonchev–Trinajstić information content (AvgIpc) is 3.09. The third kappa shape index (κ3) is 6.68. The van der Waals surface area contributed by atoms with Gasteiger partial charge in [-0.05, 0) is 64.6 Å². The zero-order valence-electron chi connectivity index (χ0n) is 17.0. The third-order valence-corrected chi connectivity index (χ3v) is 5.87. The Kier molecular flexibility index (Phi) is 9.10. The molecule has 0 saturated heterocycles. The van der Waals surface area contributed by atoms with E-state index in [1.807, 2.05) is 6.08 Å². The van der Waals surface area contributed by atoms with Gasteiger partial charge in [0.1, 0.15) is 0 Å². The molecule has 1 fully saturated rings. The topological polar surface area (TPSA) is 43.7 Å². The van der Waals surface area contributed by atoms with Gasteiger partial charge in [-0.3, -0.25) is 0 Å². The SMILES string of the molecule is CCCCC[C@H](O)/C=C/[C@@H]1[C@H]2CC(/C=C\CCCN(C)C)=C[C@H]2C[C@H]1O. The lowest BCUT2D eigenvalue weighted by Gasteiger charge is -2.18. The van der Waals surface area contributed by atoms with Gasteiger partial charge in [0.25, 0.3) is 0 Å². The molecule has 2 N–H and O–H groups in total.